The molecule has 3 heterocycles. The summed E-state index contributed by atoms with van der Waals surface area (Å²) in [5.41, 5.74) is 6.62. The Bertz CT molecular complexity index is 665. The Hall–Kier alpha value is -1.85. The smallest absolute Gasteiger partial charge is 0.167 e. The molecule has 10 heteroatoms. The monoisotopic (exact) mass is 325 g/mol. The molecule has 0 spiro atoms. The third-order valence-electron chi connectivity index (χ3n) is 3.75. The molecule has 4 atom stereocenters. The standard InChI is InChI=1S/C13H19N5O5/c1-21-2-3-22-10-7(4-19)23-13(9(10)20)18-6-17-8-11(14)15-5-16-12(8)18/h5-7,9-10,13,19-20H,2-4H2,1H3,(H2,14,15,16)/t7-,9?,10?,13-/m1/s1. The second-order valence-electron chi connectivity index (χ2n) is 5.15. The SMILES string of the molecule is COCCOC1C(O)[C@H](n2cnc3c(N)ncnc32)O[C@@H]1CO. The van der Waals surface area contributed by atoms with Crippen LogP contribution in [-0.4, -0.2) is 75.0 Å². The summed E-state index contributed by atoms with van der Waals surface area (Å²) in [7, 11) is 1.55. The Balaban J connectivity index is 1.86. The molecule has 3 rings (SSSR count). The number of ether oxygens (including phenoxy) is 3. The van der Waals surface area contributed by atoms with Crippen molar-refractivity contribution >= 4 is 17.0 Å². The fraction of sp³-hybridized carbons (Fsp3) is 0.615. The molecule has 1 aliphatic heterocycles. The number of nitrogen functional groups attached to an aromatic ring is 1. The first-order valence-electron chi connectivity index (χ1n) is 7.15. The molecular formula is C13H19N5O5. The van der Waals surface area contributed by atoms with Gasteiger partial charge in [-0.05, 0) is 0 Å². The summed E-state index contributed by atoms with van der Waals surface area (Å²) < 4.78 is 17.8. The molecule has 0 radical (unpaired) electrons. The normalized spacial score (nSPS) is 27.8. The van der Waals surface area contributed by atoms with Crippen molar-refractivity contribution in [1.82, 2.24) is 19.5 Å². The molecular weight excluding hydrogens is 306 g/mol. The minimum Gasteiger partial charge on any atom is -0.394 e. The number of anilines is 1. The van der Waals surface area contributed by atoms with Crippen molar-refractivity contribution in [2.75, 3.05) is 32.7 Å². The number of aromatic nitrogens is 4. The molecule has 1 aliphatic rings. The summed E-state index contributed by atoms with van der Waals surface area (Å²) in [4.78, 5) is 12.1. The number of methoxy groups -OCH3 is 1. The van der Waals surface area contributed by atoms with E-state index >= 15 is 0 Å². The van der Waals surface area contributed by atoms with Gasteiger partial charge in [0.1, 0.15) is 30.2 Å². The molecule has 126 valence electrons. The number of aliphatic hydroxyl groups is 2. The second-order valence-corrected chi connectivity index (χ2v) is 5.15. The van der Waals surface area contributed by atoms with Gasteiger partial charge >= 0.3 is 0 Å². The fourth-order valence-corrected chi connectivity index (χ4v) is 2.63. The Morgan fingerprint density at radius 2 is 2.17 bits per heavy atom. The summed E-state index contributed by atoms with van der Waals surface area (Å²) in [6, 6.07) is 0. The Kier molecular flexibility index (Phi) is 4.68. The quantitative estimate of drug-likeness (QED) is 0.553. The second kappa shape index (κ2) is 6.72. The highest BCUT2D eigenvalue weighted by atomic mass is 16.6. The predicted molar refractivity (Wildman–Crippen MR) is 78.4 cm³/mol. The van der Waals surface area contributed by atoms with Crippen molar-refractivity contribution < 1.29 is 24.4 Å². The maximum absolute atomic E-state index is 10.5. The lowest BCUT2D eigenvalue weighted by Crippen LogP contribution is -2.37. The first-order valence-corrected chi connectivity index (χ1v) is 7.15. The summed E-state index contributed by atoms with van der Waals surface area (Å²) in [5, 5.41) is 20.0. The molecule has 0 aliphatic carbocycles. The van der Waals surface area contributed by atoms with Crippen molar-refractivity contribution in [2.24, 2.45) is 0 Å². The minimum absolute atomic E-state index is 0.243. The van der Waals surface area contributed by atoms with Gasteiger partial charge in [0.25, 0.3) is 0 Å². The van der Waals surface area contributed by atoms with Crippen LogP contribution in [-0.2, 0) is 14.2 Å². The first kappa shape index (κ1) is 16.0. The molecule has 1 saturated heterocycles. The van der Waals surface area contributed by atoms with Gasteiger partial charge in [0.2, 0.25) is 0 Å². The highest BCUT2D eigenvalue weighted by Gasteiger charge is 2.45. The van der Waals surface area contributed by atoms with Crippen LogP contribution in [0.25, 0.3) is 11.2 Å². The summed E-state index contributed by atoms with van der Waals surface area (Å²) in [5.74, 6) is 0.243. The average molecular weight is 325 g/mol. The van der Waals surface area contributed by atoms with E-state index in [4.69, 9.17) is 19.9 Å². The number of aliphatic hydroxyl groups excluding tert-OH is 2. The zero-order valence-corrected chi connectivity index (χ0v) is 12.6. The lowest BCUT2D eigenvalue weighted by atomic mass is 10.1. The van der Waals surface area contributed by atoms with Crippen LogP contribution in [0.2, 0.25) is 0 Å². The van der Waals surface area contributed by atoms with Crippen LogP contribution in [0.15, 0.2) is 12.7 Å². The number of imidazole rings is 1. The van der Waals surface area contributed by atoms with Crippen molar-refractivity contribution in [2.45, 2.75) is 24.5 Å². The van der Waals surface area contributed by atoms with Crippen LogP contribution < -0.4 is 5.73 Å². The molecule has 23 heavy (non-hydrogen) atoms. The number of nitrogens with zero attached hydrogens (tertiary/aromatic N) is 4. The number of hydrogen-bond donors (Lipinski definition) is 3. The van der Waals surface area contributed by atoms with E-state index in [0.29, 0.717) is 17.8 Å². The minimum atomic E-state index is -1.00. The maximum atomic E-state index is 10.5. The largest absolute Gasteiger partial charge is 0.394 e. The molecule has 10 nitrogen and oxygen atoms in total. The molecule has 2 aromatic heterocycles. The molecule has 0 bridgehead atoms. The summed E-state index contributed by atoms with van der Waals surface area (Å²) in [6.45, 7) is 0.378. The van der Waals surface area contributed by atoms with E-state index in [-0.39, 0.29) is 19.0 Å². The Labute approximate surface area is 131 Å². The van der Waals surface area contributed by atoms with Gasteiger partial charge in [0.05, 0.1) is 26.1 Å². The number of hydrogen-bond acceptors (Lipinski definition) is 9. The zero-order chi connectivity index (χ0) is 16.4. The van der Waals surface area contributed by atoms with E-state index in [0.717, 1.165) is 0 Å². The fourth-order valence-electron chi connectivity index (χ4n) is 2.63. The molecule has 1 fully saturated rings. The van der Waals surface area contributed by atoms with E-state index in [9.17, 15) is 10.2 Å². The van der Waals surface area contributed by atoms with Gasteiger partial charge in [-0.2, -0.15) is 0 Å². The topological polar surface area (TPSA) is 138 Å². The Morgan fingerprint density at radius 3 is 2.91 bits per heavy atom. The van der Waals surface area contributed by atoms with Gasteiger partial charge in [0.15, 0.2) is 17.7 Å². The molecule has 4 N–H and O–H groups in total. The highest BCUT2D eigenvalue weighted by molar-refractivity contribution is 5.81. The van der Waals surface area contributed by atoms with Crippen molar-refractivity contribution in [1.29, 1.82) is 0 Å². The molecule has 2 unspecified atom stereocenters. The van der Waals surface area contributed by atoms with E-state index in [1.165, 1.54) is 12.7 Å². The number of nitrogens with two attached hydrogens (primary N) is 1. The van der Waals surface area contributed by atoms with Crippen LogP contribution in [0.5, 0.6) is 0 Å². The first-order chi connectivity index (χ1) is 11.2. The van der Waals surface area contributed by atoms with Gasteiger partial charge in [-0.25, -0.2) is 15.0 Å². The van der Waals surface area contributed by atoms with Crippen molar-refractivity contribution in [3.63, 3.8) is 0 Å². The number of rotatable bonds is 6. The van der Waals surface area contributed by atoms with Crippen molar-refractivity contribution in [3.8, 4) is 0 Å². The molecule has 0 aromatic carbocycles. The van der Waals surface area contributed by atoms with Gasteiger partial charge in [-0.15, -0.1) is 0 Å². The maximum Gasteiger partial charge on any atom is 0.167 e. The average Bonchev–Trinajstić information content (AvgIpc) is 3.10. The van der Waals surface area contributed by atoms with Crippen LogP contribution >= 0.6 is 0 Å². The van der Waals surface area contributed by atoms with E-state index in [1.54, 1.807) is 11.7 Å². The van der Waals surface area contributed by atoms with Crippen molar-refractivity contribution in [3.05, 3.63) is 12.7 Å². The zero-order valence-electron chi connectivity index (χ0n) is 12.6. The molecule has 0 amide bonds. The van der Waals surface area contributed by atoms with Crippen LogP contribution in [0.1, 0.15) is 6.23 Å². The predicted octanol–water partition coefficient (Wildman–Crippen LogP) is -1.31. The van der Waals surface area contributed by atoms with Crippen LogP contribution in [0.4, 0.5) is 5.82 Å². The van der Waals surface area contributed by atoms with Gasteiger partial charge in [-0.1, -0.05) is 0 Å². The summed E-state index contributed by atoms with van der Waals surface area (Å²) in [6.07, 6.45) is -0.361. The van der Waals surface area contributed by atoms with Gasteiger partial charge in [0, 0.05) is 7.11 Å². The van der Waals surface area contributed by atoms with Crippen LogP contribution in [0, 0.1) is 0 Å². The van der Waals surface area contributed by atoms with Gasteiger partial charge in [-0.3, -0.25) is 4.57 Å². The third kappa shape index (κ3) is 2.86. The lowest BCUT2D eigenvalue weighted by Gasteiger charge is -2.19. The Morgan fingerprint density at radius 1 is 1.35 bits per heavy atom. The van der Waals surface area contributed by atoms with Crippen LogP contribution in [0.3, 0.4) is 0 Å². The molecule has 2 aromatic rings. The third-order valence-corrected chi connectivity index (χ3v) is 3.75. The van der Waals surface area contributed by atoms with E-state index < -0.39 is 24.5 Å². The summed E-state index contributed by atoms with van der Waals surface area (Å²) >= 11 is 0. The number of fused-ring (bicyclic) bond motifs is 1. The lowest BCUT2D eigenvalue weighted by molar-refractivity contribution is -0.0678. The van der Waals surface area contributed by atoms with E-state index in [1.807, 2.05) is 0 Å². The molecule has 0 saturated carbocycles. The highest BCUT2D eigenvalue weighted by Crippen LogP contribution is 2.33. The van der Waals surface area contributed by atoms with Gasteiger partial charge < -0.3 is 30.2 Å². The van der Waals surface area contributed by atoms with E-state index in [2.05, 4.69) is 15.0 Å².